The van der Waals surface area contributed by atoms with Gasteiger partial charge in [0.2, 0.25) is 0 Å². The topological polar surface area (TPSA) is 96.7 Å². The predicted octanol–water partition coefficient (Wildman–Crippen LogP) is 0.754. The van der Waals surface area contributed by atoms with Crippen LogP contribution in [0.25, 0.3) is 0 Å². The monoisotopic (exact) mass is 245 g/mol. The molecule has 2 aromatic rings. The molecule has 2 rings (SSSR count). The highest BCUT2D eigenvalue weighted by molar-refractivity contribution is 5.92. The molecule has 2 aromatic heterocycles. The molecule has 1 amide bonds. The van der Waals surface area contributed by atoms with Crippen molar-refractivity contribution in [1.82, 2.24) is 20.3 Å². The van der Waals surface area contributed by atoms with Crippen molar-refractivity contribution in [2.45, 2.75) is 19.5 Å². The lowest BCUT2D eigenvalue weighted by molar-refractivity contribution is 0.0933. The van der Waals surface area contributed by atoms with E-state index in [1.165, 1.54) is 0 Å². The van der Waals surface area contributed by atoms with E-state index in [-0.39, 0.29) is 11.9 Å². The summed E-state index contributed by atoms with van der Waals surface area (Å²) in [4.78, 5) is 23.0. The normalized spacial score (nSPS) is 12.1. The van der Waals surface area contributed by atoms with Gasteiger partial charge in [-0.1, -0.05) is 6.07 Å². The number of hydrogen-bond donors (Lipinski definition) is 3. The van der Waals surface area contributed by atoms with E-state index in [1.54, 1.807) is 30.7 Å². The third kappa shape index (κ3) is 2.72. The number of nitrogens with zero attached hydrogens (tertiary/aromatic N) is 2. The SMILES string of the molecule is CC(NC(=O)c1ccc(CN)cn1)c1ncc[nH]1. The lowest BCUT2D eigenvalue weighted by atomic mass is 10.2. The third-order valence-corrected chi connectivity index (χ3v) is 2.57. The molecule has 0 radical (unpaired) electrons. The van der Waals surface area contributed by atoms with Gasteiger partial charge in [0.05, 0.1) is 6.04 Å². The van der Waals surface area contributed by atoms with Crippen LogP contribution in [0, 0.1) is 0 Å². The molecule has 94 valence electrons. The van der Waals surface area contributed by atoms with Gasteiger partial charge in [-0.3, -0.25) is 9.78 Å². The zero-order valence-corrected chi connectivity index (χ0v) is 10.1. The van der Waals surface area contributed by atoms with E-state index < -0.39 is 0 Å². The largest absolute Gasteiger partial charge is 0.347 e. The molecule has 4 N–H and O–H groups in total. The Balaban J connectivity index is 2.03. The molecule has 1 atom stereocenters. The van der Waals surface area contributed by atoms with Crippen molar-refractivity contribution in [3.63, 3.8) is 0 Å². The van der Waals surface area contributed by atoms with Crippen LogP contribution < -0.4 is 11.1 Å². The smallest absolute Gasteiger partial charge is 0.270 e. The van der Waals surface area contributed by atoms with Gasteiger partial charge in [-0.25, -0.2) is 4.98 Å². The summed E-state index contributed by atoms with van der Waals surface area (Å²) in [6, 6.07) is 3.26. The van der Waals surface area contributed by atoms with Crippen LogP contribution in [0.5, 0.6) is 0 Å². The van der Waals surface area contributed by atoms with Gasteiger partial charge in [-0.05, 0) is 18.6 Å². The molecule has 0 fully saturated rings. The zero-order valence-electron chi connectivity index (χ0n) is 10.1. The van der Waals surface area contributed by atoms with Gasteiger partial charge in [-0.15, -0.1) is 0 Å². The van der Waals surface area contributed by atoms with E-state index >= 15 is 0 Å². The van der Waals surface area contributed by atoms with Crippen LogP contribution >= 0.6 is 0 Å². The Morgan fingerprint density at radius 3 is 2.89 bits per heavy atom. The summed E-state index contributed by atoms with van der Waals surface area (Å²) in [6.45, 7) is 2.27. The number of carbonyl (C=O) groups is 1. The quantitative estimate of drug-likeness (QED) is 0.740. The highest BCUT2D eigenvalue weighted by atomic mass is 16.1. The highest BCUT2D eigenvalue weighted by Crippen LogP contribution is 2.07. The summed E-state index contributed by atoms with van der Waals surface area (Å²) in [5.41, 5.74) is 6.73. The van der Waals surface area contributed by atoms with Gasteiger partial charge >= 0.3 is 0 Å². The molecule has 0 spiro atoms. The molecule has 1 unspecified atom stereocenters. The lowest BCUT2D eigenvalue weighted by Crippen LogP contribution is -2.28. The number of aromatic nitrogens is 3. The number of nitrogens with two attached hydrogens (primary N) is 1. The number of amides is 1. The van der Waals surface area contributed by atoms with Crippen LogP contribution in [-0.4, -0.2) is 20.9 Å². The predicted molar refractivity (Wildman–Crippen MR) is 66.6 cm³/mol. The first-order valence-electron chi connectivity index (χ1n) is 5.66. The molecule has 0 aromatic carbocycles. The number of H-pyrrole nitrogens is 1. The average molecular weight is 245 g/mol. The Labute approximate surface area is 105 Å². The number of imidazole rings is 1. The maximum absolute atomic E-state index is 11.9. The molecule has 0 bridgehead atoms. The van der Waals surface area contributed by atoms with Gasteiger partial charge in [0.25, 0.3) is 5.91 Å². The van der Waals surface area contributed by atoms with E-state index in [4.69, 9.17) is 5.73 Å². The van der Waals surface area contributed by atoms with Gasteiger partial charge in [-0.2, -0.15) is 0 Å². The van der Waals surface area contributed by atoms with Crippen LogP contribution in [0.4, 0.5) is 0 Å². The maximum atomic E-state index is 11.9. The summed E-state index contributed by atoms with van der Waals surface area (Å²) >= 11 is 0. The maximum Gasteiger partial charge on any atom is 0.270 e. The first kappa shape index (κ1) is 12.3. The second-order valence-electron chi connectivity index (χ2n) is 3.93. The Bertz CT molecular complexity index is 506. The molecule has 0 saturated carbocycles. The van der Waals surface area contributed by atoms with Gasteiger partial charge in [0.1, 0.15) is 11.5 Å². The number of hydrogen-bond acceptors (Lipinski definition) is 4. The lowest BCUT2D eigenvalue weighted by Gasteiger charge is -2.11. The van der Waals surface area contributed by atoms with E-state index in [0.29, 0.717) is 18.1 Å². The average Bonchev–Trinajstić information content (AvgIpc) is 2.92. The number of carbonyl (C=O) groups excluding carboxylic acids is 1. The summed E-state index contributed by atoms with van der Waals surface area (Å²) < 4.78 is 0. The Morgan fingerprint density at radius 2 is 2.33 bits per heavy atom. The second kappa shape index (κ2) is 5.42. The van der Waals surface area contributed by atoms with Crippen molar-refractivity contribution in [3.8, 4) is 0 Å². The van der Waals surface area contributed by atoms with Gasteiger partial charge < -0.3 is 16.0 Å². The molecule has 6 nitrogen and oxygen atoms in total. The standard InChI is InChI=1S/C12H15N5O/c1-8(11-14-4-5-15-11)17-12(18)10-3-2-9(6-13)7-16-10/h2-5,7-8H,6,13H2,1H3,(H,14,15)(H,17,18). The molecule has 0 aliphatic heterocycles. The molecule has 0 aliphatic carbocycles. The summed E-state index contributed by atoms with van der Waals surface area (Å²) in [6.07, 6.45) is 4.96. The minimum atomic E-state index is -0.234. The molecule has 0 saturated heterocycles. The fourth-order valence-corrected chi connectivity index (χ4v) is 1.53. The van der Waals surface area contributed by atoms with Crippen LogP contribution in [0.3, 0.4) is 0 Å². The van der Waals surface area contributed by atoms with Crippen molar-refractivity contribution in [3.05, 3.63) is 47.8 Å². The molecule has 6 heteroatoms. The molecular formula is C12H15N5O. The summed E-state index contributed by atoms with van der Waals surface area (Å²) in [5, 5.41) is 2.81. The number of pyridine rings is 1. The zero-order chi connectivity index (χ0) is 13.0. The van der Waals surface area contributed by atoms with Crippen LogP contribution in [0.15, 0.2) is 30.7 Å². The van der Waals surface area contributed by atoms with Crippen molar-refractivity contribution < 1.29 is 4.79 Å². The Kier molecular flexibility index (Phi) is 3.69. The summed E-state index contributed by atoms with van der Waals surface area (Å²) in [7, 11) is 0. The molecule has 18 heavy (non-hydrogen) atoms. The molecule has 2 heterocycles. The number of rotatable bonds is 4. The van der Waals surface area contributed by atoms with Gasteiger partial charge in [0.15, 0.2) is 0 Å². The number of aromatic amines is 1. The van der Waals surface area contributed by atoms with E-state index in [0.717, 1.165) is 5.56 Å². The van der Waals surface area contributed by atoms with E-state index in [2.05, 4.69) is 20.3 Å². The van der Waals surface area contributed by atoms with Crippen molar-refractivity contribution in [2.75, 3.05) is 0 Å². The summed E-state index contributed by atoms with van der Waals surface area (Å²) in [5.74, 6) is 0.476. The Hall–Kier alpha value is -2.21. The minimum absolute atomic E-state index is 0.191. The fourth-order valence-electron chi connectivity index (χ4n) is 1.53. The van der Waals surface area contributed by atoms with Crippen LogP contribution in [0.1, 0.15) is 34.8 Å². The van der Waals surface area contributed by atoms with E-state index in [9.17, 15) is 4.79 Å². The molecule has 0 aliphatic rings. The van der Waals surface area contributed by atoms with Gasteiger partial charge in [0, 0.05) is 25.1 Å². The van der Waals surface area contributed by atoms with Crippen molar-refractivity contribution >= 4 is 5.91 Å². The third-order valence-electron chi connectivity index (χ3n) is 2.57. The minimum Gasteiger partial charge on any atom is -0.347 e. The van der Waals surface area contributed by atoms with Crippen LogP contribution in [-0.2, 0) is 6.54 Å². The number of nitrogens with one attached hydrogen (secondary N) is 2. The van der Waals surface area contributed by atoms with Crippen molar-refractivity contribution in [1.29, 1.82) is 0 Å². The van der Waals surface area contributed by atoms with E-state index in [1.807, 2.05) is 6.92 Å². The van der Waals surface area contributed by atoms with Crippen molar-refractivity contribution in [2.24, 2.45) is 5.73 Å². The first-order chi connectivity index (χ1) is 8.70. The second-order valence-corrected chi connectivity index (χ2v) is 3.93. The fraction of sp³-hybridized carbons (Fsp3) is 0.250. The highest BCUT2D eigenvalue weighted by Gasteiger charge is 2.13. The molecular weight excluding hydrogens is 230 g/mol. The van der Waals surface area contributed by atoms with Crippen LogP contribution in [0.2, 0.25) is 0 Å². The first-order valence-corrected chi connectivity index (χ1v) is 5.66. The Morgan fingerprint density at radius 1 is 1.50 bits per heavy atom.